The molecule has 11 heteroatoms. The van der Waals surface area contributed by atoms with E-state index in [1.54, 1.807) is 48.5 Å². The van der Waals surface area contributed by atoms with Gasteiger partial charge in [-0.05, 0) is 61.0 Å². The molecule has 0 aliphatic carbocycles. The van der Waals surface area contributed by atoms with Crippen molar-refractivity contribution < 1.29 is 24.2 Å². The number of nitrogens with one attached hydrogen (secondary N) is 2. The molecule has 2 aliphatic heterocycles. The average Bonchev–Trinajstić information content (AvgIpc) is 3.44. The zero-order chi connectivity index (χ0) is 28.0. The number of nitrogens with zero attached hydrogens (tertiary/aromatic N) is 1. The number of imide groups is 1. The summed E-state index contributed by atoms with van der Waals surface area (Å²) in [4.78, 5) is 56.4. The lowest BCUT2D eigenvalue weighted by Gasteiger charge is -2.29. The highest BCUT2D eigenvalue weighted by molar-refractivity contribution is 8.00. The number of ether oxygens (including phenoxy) is 1. The molecular formula is C29H23N3O6S2. The van der Waals surface area contributed by atoms with Crippen LogP contribution in [0.4, 0.5) is 11.4 Å². The van der Waals surface area contributed by atoms with Gasteiger partial charge in [0.2, 0.25) is 11.8 Å². The van der Waals surface area contributed by atoms with Gasteiger partial charge in [-0.3, -0.25) is 19.2 Å². The van der Waals surface area contributed by atoms with Crippen molar-refractivity contribution >= 4 is 52.2 Å². The molecule has 0 bridgehead atoms. The van der Waals surface area contributed by atoms with E-state index in [2.05, 4.69) is 10.3 Å². The van der Waals surface area contributed by atoms with Crippen LogP contribution in [0.25, 0.3) is 0 Å². The number of H-pyrrole nitrogens is 1. The number of carbonyl (C=O) groups is 3. The number of thioether (sulfide) groups is 1. The highest BCUT2D eigenvalue weighted by Crippen LogP contribution is 2.53. The first-order chi connectivity index (χ1) is 19.3. The quantitative estimate of drug-likeness (QED) is 0.232. The number of anilines is 2. The van der Waals surface area contributed by atoms with Crippen molar-refractivity contribution in [3.8, 4) is 11.5 Å². The van der Waals surface area contributed by atoms with Gasteiger partial charge in [0.1, 0.15) is 16.7 Å². The number of carbonyl (C=O) groups excluding carboxylic acids is 3. The number of aromatic amines is 1. The lowest BCUT2D eigenvalue weighted by atomic mass is 9.83. The molecule has 0 spiro atoms. The molecular weight excluding hydrogens is 550 g/mol. The second-order valence-corrected chi connectivity index (χ2v) is 11.7. The Morgan fingerprint density at radius 3 is 2.38 bits per heavy atom. The first kappa shape index (κ1) is 25.9. The van der Waals surface area contributed by atoms with Crippen molar-refractivity contribution in [2.45, 2.75) is 23.1 Å². The fourth-order valence-electron chi connectivity index (χ4n) is 4.99. The van der Waals surface area contributed by atoms with E-state index < -0.39 is 17.1 Å². The largest absolute Gasteiger partial charge is 0.508 e. The van der Waals surface area contributed by atoms with E-state index in [1.165, 1.54) is 28.8 Å². The number of phenolic OH excluding ortho intramolecular Hbond substituents is 1. The minimum absolute atomic E-state index is 0.0998. The highest BCUT2D eigenvalue weighted by atomic mass is 32.2. The van der Waals surface area contributed by atoms with Crippen LogP contribution in [-0.2, 0) is 14.4 Å². The van der Waals surface area contributed by atoms with Gasteiger partial charge in [0.25, 0.3) is 5.91 Å². The van der Waals surface area contributed by atoms with E-state index in [-0.39, 0.29) is 35.0 Å². The van der Waals surface area contributed by atoms with Crippen molar-refractivity contribution in [3.05, 3.63) is 98.5 Å². The molecule has 2 unspecified atom stereocenters. The summed E-state index contributed by atoms with van der Waals surface area (Å²) in [5.74, 6) is -1.59. The van der Waals surface area contributed by atoms with Crippen molar-refractivity contribution in [1.29, 1.82) is 0 Å². The predicted molar refractivity (Wildman–Crippen MR) is 152 cm³/mol. The number of fused-ring (bicyclic) bond motifs is 2. The van der Waals surface area contributed by atoms with E-state index in [9.17, 15) is 24.3 Å². The van der Waals surface area contributed by atoms with Gasteiger partial charge < -0.3 is 20.1 Å². The fourth-order valence-corrected chi connectivity index (χ4v) is 7.50. The third kappa shape index (κ3) is 4.78. The molecule has 3 aromatic carbocycles. The third-order valence-corrected chi connectivity index (χ3v) is 9.28. The van der Waals surface area contributed by atoms with Gasteiger partial charge in [-0.25, -0.2) is 4.90 Å². The van der Waals surface area contributed by atoms with Gasteiger partial charge in [-0.2, -0.15) is 0 Å². The molecule has 6 rings (SSSR count). The number of aryl methyl sites for hydroxylation is 1. The lowest BCUT2D eigenvalue weighted by Crippen LogP contribution is -2.32. The fraction of sp³-hybridized carbons (Fsp3) is 0.172. The van der Waals surface area contributed by atoms with Crippen LogP contribution in [-0.4, -0.2) is 39.7 Å². The normalized spacial score (nSPS) is 19.7. The monoisotopic (exact) mass is 573 g/mol. The van der Waals surface area contributed by atoms with Crippen LogP contribution < -0.4 is 19.8 Å². The third-order valence-electron chi connectivity index (χ3n) is 6.88. The molecule has 3 heterocycles. The van der Waals surface area contributed by atoms with Crippen LogP contribution in [0, 0.1) is 12.8 Å². The summed E-state index contributed by atoms with van der Waals surface area (Å²) in [6, 6.07) is 20.4. The maximum absolute atomic E-state index is 13.8. The molecule has 3 amide bonds. The molecule has 1 fully saturated rings. The molecule has 2 aliphatic rings. The number of amides is 3. The number of benzene rings is 3. The Balaban J connectivity index is 1.24. The number of thiazole rings is 1. The van der Waals surface area contributed by atoms with Crippen molar-refractivity contribution in [1.82, 2.24) is 4.98 Å². The van der Waals surface area contributed by atoms with Crippen LogP contribution in [0.1, 0.15) is 21.9 Å². The maximum atomic E-state index is 13.8. The molecule has 0 saturated carbocycles. The first-order valence-corrected chi connectivity index (χ1v) is 14.1. The van der Waals surface area contributed by atoms with Crippen LogP contribution >= 0.6 is 23.1 Å². The summed E-state index contributed by atoms with van der Waals surface area (Å²) in [6.45, 7) is 1.71. The van der Waals surface area contributed by atoms with Crippen LogP contribution in [0.15, 0.2) is 82.6 Å². The minimum Gasteiger partial charge on any atom is -0.508 e. The zero-order valence-electron chi connectivity index (χ0n) is 21.1. The average molecular weight is 574 g/mol. The standard InChI is InChI=1S/C29H23N3O6S2/c1-15-2-8-18(9-3-15)32-27(35)23-22(24-26(31-29(37)40-24)39-25(23)28(32)36)16-4-12-20(13-5-16)38-14-21(34)30-17-6-10-19(33)11-7-17/h2-13,22-23,25,33H,14H2,1H3,(H,30,34)(H,31,37)/t22-,23?,25?/m1/s1. The van der Waals surface area contributed by atoms with E-state index in [0.29, 0.717) is 22.2 Å². The van der Waals surface area contributed by atoms with E-state index >= 15 is 0 Å². The van der Waals surface area contributed by atoms with Gasteiger partial charge in [-0.1, -0.05) is 52.9 Å². The molecule has 3 N–H and O–H groups in total. The Bertz CT molecular complexity index is 1660. The van der Waals surface area contributed by atoms with E-state index in [0.717, 1.165) is 27.3 Å². The Labute approximate surface area is 236 Å². The molecule has 4 aromatic rings. The molecule has 0 radical (unpaired) electrons. The van der Waals surface area contributed by atoms with Crippen molar-refractivity contribution in [3.63, 3.8) is 0 Å². The van der Waals surface area contributed by atoms with Crippen LogP contribution in [0.2, 0.25) is 0 Å². The molecule has 1 aromatic heterocycles. The van der Waals surface area contributed by atoms with Crippen LogP contribution in [0.5, 0.6) is 11.5 Å². The summed E-state index contributed by atoms with van der Waals surface area (Å²) >= 11 is 2.29. The first-order valence-electron chi connectivity index (χ1n) is 12.4. The number of aromatic hydroxyl groups is 1. The topological polar surface area (TPSA) is 129 Å². The van der Waals surface area contributed by atoms with Gasteiger partial charge in [0.05, 0.1) is 16.6 Å². The van der Waals surface area contributed by atoms with Gasteiger partial charge >= 0.3 is 4.87 Å². The Morgan fingerprint density at radius 2 is 1.68 bits per heavy atom. The van der Waals surface area contributed by atoms with Crippen LogP contribution in [0.3, 0.4) is 0 Å². The lowest BCUT2D eigenvalue weighted by molar-refractivity contribution is -0.122. The molecule has 40 heavy (non-hydrogen) atoms. The minimum atomic E-state index is -0.680. The van der Waals surface area contributed by atoms with E-state index in [1.807, 2.05) is 19.1 Å². The summed E-state index contributed by atoms with van der Waals surface area (Å²) < 4.78 is 5.64. The molecule has 1 saturated heterocycles. The summed E-state index contributed by atoms with van der Waals surface area (Å²) in [6.07, 6.45) is 0. The Kier molecular flexibility index (Phi) is 6.68. The van der Waals surface area contributed by atoms with Gasteiger partial charge in [-0.15, -0.1) is 0 Å². The zero-order valence-corrected chi connectivity index (χ0v) is 22.8. The number of hydrogen-bond donors (Lipinski definition) is 3. The number of hydrogen-bond acceptors (Lipinski definition) is 8. The predicted octanol–water partition coefficient (Wildman–Crippen LogP) is 4.26. The SMILES string of the molecule is Cc1ccc(N2C(=O)C3Sc4[nH]c(=O)sc4[C@H](c4ccc(OCC(=O)Nc5ccc(O)cc5)cc4)C3C2=O)cc1. The number of phenols is 1. The number of rotatable bonds is 6. The highest BCUT2D eigenvalue weighted by Gasteiger charge is 2.56. The van der Waals surface area contributed by atoms with Gasteiger partial charge in [0.15, 0.2) is 6.61 Å². The number of aromatic nitrogens is 1. The van der Waals surface area contributed by atoms with Crippen molar-refractivity contribution in [2.24, 2.45) is 5.92 Å². The molecule has 9 nitrogen and oxygen atoms in total. The maximum Gasteiger partial charge on any atom is 0.305 e. The Morgan fingerprint density at radius 1 is 0.975 bits per heavy atom. The smallest absolute Gasteiger partial charge is 0.305 e. The van der Waals surface area contributed by atoms with E-state index in [4.69, 9.17) is 4.74 Å². The van der Waals surface area contributed by atoms with Crippen molar-refractivity contribution in [2.75, 3.05) is 16.8 Å². The van der Waals surface area contributed by atoms with Gasteiger partial charge in [0, 0.05) is 16.5 Å². The Hall–Kier alpha value is -4.35. The second kappa shape index (κ2) is 10.3. The molecule has 3 atom stereocenters. The summed E-state index contributed by atoms with van der Waals surface area (Å²) in [5, 5.41) is 12.0. The summed E-state index contributed by atoms with van der Waals surface area (Å²) in [5.41, 5.74) is 2.84. The molecule has 202 valence electrons. The second-order valence-electron chi connectivity index (χ2n) is 9.55. The summed E-state index contributed by atoms with van der Waals surface area (Å²) in [7, 11) is 0.